The molecule has 0 aliphatic carbocycles. The van der Waals surface area contributed by atoms with Gasteiger partial charge in [0.25, 0.3) is 0 Å². The van der Waals surface area contributed by atoms with E-state index in [1.807, 2.05) is 7.05 Å². The summed E-state index contributed by atoms with van der Waals surface area (Å²) in [4.78, 5) is 9.96. The van der Waals surface area contributed by atoms with Gasteiger partial charge in [-0.2, -0.15) is 0 Å². The molecule has 0 aliphatic heterocycles. The summed E-state index contributed by atoms with van der Waals surface area (Å²) in [6.45, 7) is 3.14. The highest BCUT2D eigenvalue weighted by molar-refractivity contribution is 5.72. The molecule has 0 fully saturated rings. The van der Waals surface area contributed by atoms with Crippen LogP contribution in [0.15, 0.2) is 0 Å². The second-order valence-corrected chi connectivity index (χ2v) is 1.54. The molecule has 0 aromatic carbocycles. The molecule has 0 aromatic heterocycles. The second-order valence-electron chi connectivity index (χ2n) is 1.54. The van der Waals surface area contributed by atoms with Crippen molar-refractivity contribution < 1.29 is 4.79 Å². The van der Waals surface area contributed by atoms with E-state index in [-0.39, 0.29) is 6.03 Å². The molecular formula is C6H17N3O. The monoisotopic (exact) mass is 147 g/mol. The Hall–Kier alpha value is -0.770. The highest BCUT2D eigenvalue weighted by atomic mass is 16.2. The number of hydrogen-bond acceptors (Lipinski definition) is 2. The third kappa shape index (κ3) is 15.7. The average Bonchev–Trinajstić information content (AvgIpc) is 2.03. The van der Waals surface area contributed by atoms with Gasteiger partial charge in [0.1, 0.15) is 0 Å². The minimum Gasteiger partial charge on any atom is -0.341 e. The Labute approximate surface area is 62.4 Å². The summed E-state index contributed by atoms with van der Waals surface area (Å²) in [5.74, 6) is 0. The molecule has 0 radical (unpaired) electrons. The number of amides is 2. The summed E-state index contributed by atoms with van der Waals surface area (Å²) >= 11 is 0. The van der Waals surface area contributed by atoms with Crippen molar-refractivity contribution in [1.29, 1.82) is 0 Å². The van der Waals surface area contributed by atoms with Gasteiger partial charge in [0.15, 0.2) is 0 Å². The molecule has 62 valence electrons. The molecule has 0 saturated heterocycles. The lowest BCUT2D eigenvalue weighted by atomic mass is 10.8. The van der Waals surface area contributed by atoms with Gasteiger partial charge in [-0.05, 0) is 13.6 Å². The fraction of sp³-hybridized carbons (Fsp3) is 0.833. The number of nitrogens with one attached hydrogen (secondary N) is 3. The van der Waals surface area contributed by atoms with Crippen LogP contribution in [0.25, 0.3) is 0 Å². The van der Waals surface area contributed by atoms with Crippen LogP contribution in [-0.2, 0) is 0 Å². The van der Waals surface area contributed by atoms with Crippen LogP contribution in [0.4, 0.5) is 4.79 Å². The first-order chi connectivity index (χ1) is 4.72. The first-order valence-electron chi connectivity index (χ1n) is 3.26. The van der Waals surface area contributed by atoms with Crippen molar-refractivity contribution in [2.75, 3.05) is 27.7 Å². The Bertz CT molecular complexity index is 67.4. The molecule has 4 heteroatoms. The standard InChI is InChI=1S/C3H8N2O.C3H9N/c1-4-3(6)5-2;1-3-4-2/h1-2H3,(H2,4,5,6);4H,3H2,1-2H3. The number of rotatable bonds is 1. The zero-order valence-corrected chi connectivity index (χ0v) is 7.12. The van der Waals surface area contributed by atoms with Crippen LogP contribution < -0.4 is 16.0 Å². The lowest BCUT2D eigenvalue weighted by Crippen LogP contribution is -2.28. The van der Waals surface area contributed by atoms with E-state index in [2.05, 4.69) is 22.9 Å². The molecule has 0 bridgehead atoms. The van der Waals surface area contributed by atoms with Crippen molar-refractivity contribution in [1.82, 2.24) is 16.0 Å². The normalized spacial score (nSPS) is 7.20. The fourth-order valence-corrected chi connectivity index (χ4v) is 0.125. The molecule has 0 heterocycles. The summed E-state index contributed by atoms with van der Waals surface area (Å²) in [5.41, 5.74) is 0. The third-order valence-electron chi connectivity index (χ3n) is 0.808. The number of carbonyl (C=O) groups is 1. The Kier molecular flexibility index (Phi) is 13.3. The van der Waals surface area contributed by atoms with Crippen molar-refractivity contribution in [2.24, 2.45) is 0 Å². The molecule has 4 nitrogen and oxygen atoms in total. The molecule has 0 rings (SSSR count). The number of carbonyl (C=O) groups excluding carboxylic acids is 1. The van der Waals surface area contributed by atoms with Gasteiger partial charge in [-0.1, -0.05) is 6.92 Å². The second kappa shape index (κ2) is 11.1. The molecule has 10 heavy (non-hydrogen) atoms. The molecular weight excluding hydrogens is 130 g/mol. The minimum absolute atomic E-state index is 0.157. The third-order valence-corrected chi connectivity index (χ3v) is 0.808. The van der Waals surface area contributed by atoms with E-state index in [1.165, 1.54) is 0 Å². The van der Waals surface area contributed by atoms with Crippen LogP contribution in [-0.4, -0.2) is 33.7 Å². The average molecular weight is 147 g/mol. The van der Waals surface area contributed by atoms with Gasteiger partial charge >= 0.3 is 6.03 Å². The van der Waals surface area contributed by atoms with E-state index in [0.29, 0.717) is 0 Å². The summed E-state index contributed by atoms with van der Waals surface area (Å²) in [6, 6.07) is -0.157. The SMILES string of the molecule is CCNC.CNC(=O)NC. The van der Waals surface area contributed by atoms with Crippen LogP contribution in [0, 0.1) is 0 Å². The molecule has 0 spiro atoms. The zero-order valence-electron chi connectivity index (χ0n) is 7.12. The van der Waals surface area contributed by atoms with Crippen molar-refractivity contribution in [3.05, 3.63) is 0 Å². The van der Waals surface area contributed by atoms with E-state index >= 15 is 0 Å². The van der Waals surface area contributed by atoms with E-state index in [9.17, 15) is 4.79 Å². The van der Waals surface area contributed by atoms with Gasteiger partial charge in [-0.15, -0.1) is 0 Å². The minimum atomic E-state index is -0.157. The van der Waals surface area contributed by atoms with Crippen molar-refractivity contribution in [3.63, 3.8) is 0 Å². The summed E-state index contributed by atoms with van der Waals surface area (Å²) in [6.07, 6.45) is 0. The summed E-state index contributed by atoms with van der Waals surface area (Å²) in [5, 5.41) is 7.66. The van der Waals surface area contributed by atoms with Crippen LogP contribution in [0.5, 0.6) is 0 Å². The summed E-state index contributed by atoms with van der Waals surface area (Å²) in [7, 11) is 5.07. The predicted molar refractivity (Wildman–Crippen MR) is 43.1 cm³/mol. The highest BCUT2D eigenvalue weighted by Gasteiger charge is 1.81. The van der Waals surface area contributed by atoms with Gasteiger partial charge in [-0.25, -0.2) is 4.79 Å². The maximum Gasteiger partial charge on any atom is 0.314 e. The van der Waals surface area contributed by atoms with E-state index in [4.69, 9.17) is 0 Å². The lowest BCUT2D eigenvalue weighted by molar-refractivity contribution is 0.245. The van der Waals surface area contributed by atoms with Crippen molar-refractivity contribution in [3.8, 4) is 0 Å². The smallest absolute Gasteiger partial charge is 0.314 e. The molecule has 0 saturated carbocycles. The molecule has 3 N–H and O–H groups in total. The first kappa shape index (κ1) is 12.0. The summed E-state index contributed by atoms with van der Waals surface area (Å²) < 4.78 is 0. The Morgan fingerprint density at radius 2 is 1.50 bits per heavy atom. The lowest BCUT2D eigenvalue weighted by Gasteiger charge is -1.91. The maximum atomic E-state index is 9.96. The molecule has 0 aliphatic rings. The number of hydrogen-bond donors (Lipinski definition) is 3. The van der Waals surface area contributed by atoms with E-state index in [0.717, 1.165) is 6.54 Å². The molecule has 0 aromatic rings. The van der Waals surface area contributed by atoms with Gasteiger partial charge < -0.3 is 16.0 Å². The maximum absolute atomic E-state index is 9.96. The predicted octanol–water partition coefficient (Wildman–Crippen LogP) is -0.229. The fourth-order valence-electron chi connectivity index (χ4n) is 0.125. The van der Waals surface area contributed by atoms with Gasteiger partial charge in [0, 0.05) is 14.1 Å². The molecule has 0 atom stereocenters. The topological polar surface area (TPSA) is 53.2 Å². The van der Waals surface area contributed by atoms with Crippen LogP contribution >= 0.6 is 0 Å². The molecule has 2 amide bonds. The van der Waals surface area contributed by atoms with Crippen molar-refractivity contribution in [2.45, 2.75) is 6.92 Å². The van der Waals surface area contributed by atoms with Gasteiger partial charge in [-0.3, -0.25) is 0 Å². The van der Waals surface area contributed by atoms with Gasteiger partial charge in [0.2, 0.25) is 0 Å². The van der Waals surface area contributed by atoms with E-state index < -0.39 is 0 Å². The Balaban J connectivity index is 0. The number of urea groups is 1. The first-order valence-corrected chi connectivity index (χ1v) is 3.26. The van der Waals surface area contributed by atoms with Gasteiger partial charge in [0.05, 0.1) is 0 Å². The van der Waals surface area contributed by atoms with E-state index in [1.54, 1.807) is 14.1 Å². The van der Waals surface area contributed by atoms with Crippen molar-refractivity contribution >= 4 is 6.03 Å². The zero-order chi connectivity index (χ0) is 8.41. The quantitative estimate of drug-likeness (QED) is 0.480. The largest absolute Gasteiger partial charge is 0.341 e. The van der Waals surface area contributed by atoms with Crippen LogP contribution in [0.2, 0.25) is 0 Å². The Morgan fingerprint density at radius 1 is 1.20 bits per heavy atom. The highest BCUT2D eigenvalue weighted by Crippen LogP contribution is 1.48. The van der Waals surface area contributed by atoms with Crippen LogP contribution in [0.3, 0.4) is 0 Å². The Morgan fingerprint density at radius 3 is 1.50 bits per heavy atom. The van der Waals surface area contributed by atoms with Crippen LogP contribution in [0.1, 0.15) is 6.92 Å². The molecule has 0 unspecified atom stereocenters.